The molecule has 6 nitrogen and oxygen atoms in total. The number of carboxylic acids is 1. The highest BCUT2D eigenvalue weighted by molar-refractivity contribution is 9.10. The van der Waals surface area contributed by atoms with Crippen LogP contribution >= 0.6 is 15.9 Å². The molecule has 1 saturated heterocycles. The molecule has 3 rings (SSSR count). The Morgan fingerprint density at radius 3 is 2.83 bits per heavy atom. The second-order valence-corrected chi connectivity index (χ2v) is 7.16. The van der Waals surface area contributed by atoms with Crippen molar-refractivity contribution in [2.24, 2.45) is 11.8 Å². The molecular formula is C17H18BrN3O3. The van der Waals surface area contributed by atoms with Gasteiger partial charge in [0.25, 0.3) is 5.91 Å². The summed E-state index contributed by atoms with van der Waals surface area (Å²) < 4.78 is 2.57. The van der Waals surface area contributed by atoms with Crippen LogP contribution in [-0.4, -0.2) is 44.8 Å². The summed E-state index contributed by atoms with van der Waals surface area (Å²) in [5.41, 5.74) is 1.31. The second-order valence-electron chi connectivity index (χ2n) is 6.24. The van der Waals surface area contributed by atoms with E-state index in [1.54, 1.807) is 15.8 Å². The van der Waals surface area contributed by atoms with E-state index in [4.69, 9.17) is 0 Å². The molecule has 0 radical (unpaired) electrons. The Bertz CT molecular complexity index is 774. The van der Waals surface area contributed by atoms with Crippen molar-refractivity contribution >= 4 is 27.8 Å². The number of hydrogen-bond donors (Lipinski definition) is 1. The molecule has 7 heteroatoms. The summed E-state index contributed by atoms with van der Waals surface area (Å²) in [5, 5.41) is 13.5. The van der Waals surface area contributed by atoms with Crippen molar-refractivity contribution in [3.05, 3.63) is 46.7 Å². The summed E-state index contributed by atoms with van der Waals surface area (Å²) in [6.07, 6.45) is 3.81. The van der Waals surface area contributed by atoms with Crippen molar-refractivity contribution in [1.29, 1.82) is 0 Å². The van der Waals surface area contributed by atoms with Crippen molar-refractivity contribution < 1.29 is 14.7 Å². The van der Waals surface area contributed by atoms with Gasteiger partial charge in [0, 0.05) is 23.8 Å². The Labute approximate surface area is 148 Å². The molecule has 1 N–H and O–H groups in total. The molecule has 2 aromatic rings. The van der Waals surface area contributed by atoms with E-state index in [1.165, 1.54) is 6.20 Å². The standard InChI is InChI=1S/C17H18BrN3O3/c1-11-5-12(17(23)24)9-20(8-11)16(22)13-7-19-21(10-13)15-4-2-3-14(18)6-15/h2-4,6-7,10-12H,5,8-9H2,1H3,(H,23,24). The number of halogens is 1. The summed E-state index contributed by atoms with van der Waals surface area (Å²) in [4.78, 5) is 25.6. The lowest BCUT2D eigenvalue weighted by atomic mass is 9.90. The minimum atomic E-state index is -0.843. The van der Waals surface area contributed by atoms with Gasteiger partial charge >= 0.3 is 5.97 Å². The molecule has 2 unspecified atom stereocenters. The summed E-state index contributed by atoms with van der Waals surface area (Å²) in [5.74, 6) is -1.35. The van der Waals surface area contributed by atoms with Gasteiger partial charge in [0.15, 0.2) is 0 Å². The smallest absolute Gasteiger partial charge is 0.308 e. The van der Waals surface area contributed by atoms with Crippen LogP contribution in [0.25, 0.3) is 5.69 Å². The highest BCUT2D eigenvalue weighted by Gasteiger charge is 2.32. The maximum absolute atomic E-state index is 12.7. The number of hydrogen-bond acceptors (Lipinski definition) is 3. The molecule has 2 atom stereocenters. The third kappa shape index (κ3) is 3.51. The predicted molar refractivity (Wildman–Crippen MR) is 92.1 cm³/mol. The number of aromatic nitrogens is 2. The van der Waals surface area contributed by atoms with E-state index in [1.807, 2.05) is 31.2 Å². The zero-order valence-electron chi connectivity index (χ0n) is 13.2. The van der Waals surface area contributed by atoms with Crippen LogP contribution in [0, 0.1) is 11.8 Å². The van der Waals surface area contributed by atoms with E-state index in [2.05, 4.69) is 21.0 Å². The number of amides is 1. The lowest BCUT2D eigenvalue weighted by molar-refractivity contribution is -0.143. The molecule has 0 spiro atoms. The molecule has 126 valence electrons. The van der Waals surface area contributed by atoms with Crippen molar-refractivity contribution in [2.45, 2.75) is 13.3 Å². The van der Waals surface area contributed by atoms with Gasteiger partial charge in [-0.3, -0.25) is 9.59 Å². The van der Waals surface area contributed by atoms with E-state index >= 15 is 0 Å². The first kappa shape index (κ1) is 16.7. The van der Waals surface area contributed by atoms with Gasteiger partial charge in [-0.25, -0.2) is 4.68 Å². The molecule has 24 heavy (non-hydrogen) atoms. The predicted octanol–water partition coefficient (Wildman–Crippen LogP) is 2.82. The van der Waals surface area contributed by atoms with Crippen LogP contribution in [0.5, 0.6) is 0 Å². The Morgan fingerprint density at radius 1 is 1.33 bits per heavy atom. The number of carbonyl (C=O) groups excluding carboxylic acids is 1. The lowest BCUT2D eigenvalue weighted by Gasteiger charge is -2.34. The number of carboxylic acid groups (broad SMARTS) is 1. The van der Waals surface area contributed by atoms with E-state index in [-0.39, 0.29) is 18.4 Å². The number of aliphatic carboxylic acids is 1. The molecular weight excluding hydrogens is 374 g/mol. The van der Waals surface area contributed by atoms with Crippen LogP contribution in [0.15, 0.2) is 41.1 Å². The van der Waals surface area contributed by atoms with E-state index < -0.39 is 11.9 Å². The first-order valence-corrected chi connectivity index (χ1v) is 8.56. The molecule has 1 amide bonds. The van der Waals surface area contributed by atoms with Crippen molar-refractivity contribution in [1.82, 2.24) is 14.7 Å². The van der Waals surface area contributed by atoms with Gasteiger partial charge < -0.3 is 10.0 Å². The number of nitrogens with zero attached hydrogens (tertiary/aromatic N) is 3. The molecule has 1 fully saturated rings. The van der Waals surface area contributed by atoms with E-state index in [9.17, 15) is 14.7 Å². The summed E-state index contributed by atoms with van der Waals surface area (Å²) in [7, 11) is 0. The molecule has 1 aliphatic rings. The number of rotatable bonds is 3. The van der Waals surface area contributed by atoms with Gasteiger partial charge in [0.2, 0.25) is 0 Å². The molecule has 2 heterocycles. The minimum Gasteiger partial charge on any atom is -0.481 e. The van der Waals surface area contributed by atoms with Gasteiger partial charge in [-0.1, -0.05) is 28.9 Å². The van der Waals surface area contributed by atoms with E-state index in [0.717, 1.165) is 10.2 Å². The van der Waals surface area contributed by atoms with Crippen LogP contribution in [0.2, 0.25) is 0 Å². The largest absolute Gasteiger partial charge is 0.481 e. The fourth-order valence-corrected chi connectivity index (χ4v) is 3.46. The van der Waals surface area contributed by atoms with Gasteiger partial charge in [-0.05, 0) is 30.5 Å². The lowest BCUT2D eigenvalue weighted by Crippen LogP contribution is -2.45. The molecule has 0 aliphatic carbocycles. The van der Waals surface area contributed by atoms with Crippen LogP contribution < -0.4 is 0 Å². The monoisotopic (exact) mass is 391 g/mol. The van der Waals surface area contributed by atoms with Crippen LogP contribution in [0.4, 0.5) is 0 Å². The Hall–Kier alpha value is -2.15. The fraction of sp³-hybridized carbons (Fsp3) is 0.353. The Kier molecular flexibility index (Phi) is 4.71. The molecule has 0 bridgehead atoms. The average Bonchev–Trinajstić information content (AvgIpc) is 3.03. The molecule has 1 aromatic heterocycles. The molecule has 0 saturated carbocycles. The van der Waals surface area contributed by atoms with Gasteiger partial charge in [-0.2, -0.15) is 5.10 Å². The first-order chi connectivity index (χ1) is 11.4. The summed E-state index contributed by atoms with van der Waals surface area (Å²) in [6.45, 7) is 2.80. The van der Waals surface area contributed by atoms with Crippen LogP contribution in [0.3, 0.4) is 0 Å². The fourth-order valence-electron chi connectivity index (χ4n) is 3.07. The van der Waals surface area contributed by atoms with E-state index in [0.29, 0.717) is 18.5 Å². The number of piperidine rings is 1. The SMILES string of the molecule is CC1CC(C(=O)O)CN(C(=O)c2cnn(-c3cccc(Br)c3)c2)C1. The third-order valence-corrected chi connectivity index (χ3v) is 4.69. The van der Waals surface area contributed by atoms with Gasteiger partial charge in [-0.15, -0.1) is 0 Å². The van der Waals surface area contributed by atoms with Gasteiger partial charge in [0.1, 0.15) is 0 Å². The van der Waals surface area contributed by atoms with Crippen molar-refractivity contribution in [3.63, 3.8) is 0 Å². The zero-order valence-corrected chi connectivity index (χ0v) is 14.8. The first-order valence-electron chi connectivity index (χ1n) is 7.76. The maximum atomic E-state index is 12.7. The Morgan fingerprint density at radius 2 is 2.12 bits per heavy atom. The summed E-state index contributed by atoms with van der Waals surface area (Å²) in [6, 6.07) is 7.62. The number of carbonyl (C=O) groups is 2. The number of benzene rings is 1. The Balaban J connectivity index is 1.79. The molecule has 1 aromatic carbocycles. The van der Waals surface area contributed by atoms with Crippen LogP contribution in [0.1, 0.15) is 23.7 Å². The zero-order chi connectivity index (χ0) is 17.3. The highest BCUT2D eigenvalue weighted by atomic mass is 79.9. The van der Waals surface area contributed by atoms with Gasteiger partial charge in [0.05, 0.1) is 23.4 Å². The summed E-state index contributed by atoms with van der Waals surface area (Å²) >= 11 is 3.41. The average molecular weight is 392 g/mol. The van der Waals surface area contributed by atoms with Crippen LogP contribution in [-0.2, 0) is 4.79 Å². The minimum absolute atomic E-state index is 0.170. The normalized spacial score (nSPS) is 20.8. The maximum Gasteiger partial charge on any atom is 0.308 e. The number of likely N-dealkylation sites (tertiary alicyclic amines) is 1. The quantitative estimate of drug-likeness (QED) is 0.872. The third-order valence-electron chi connectivity index (χ3n) is 4.20. The van der Waals surface area contributed by atoms with Crippen molar-refractivity contribution in [2.75, 3.05) is 13.1 Å². The second kappa shape index (κ2) is 6.76. The van der Waals surface area contributed by atoms with Crippen molar-refractivity contribution in [3.8, 4) is 5.69 Å². The molecule has 1 aliphatic heterocycles. The topological polar surface area (TPSA) is 75.4 Å². The highest BCUT2D eigenvalue weighted by Crippen LogP contribution is 2.23.